The summed E-state index contributed by atoms with van der Waals surface area (Å²) in [5.41, 5.74) is 3.99. The van der Waals surface area contributed by atoms with Gasteiger partial charge >= 0.3 is 0 Å². The Morgan fingerprint density at radius 1 is 1.28 bits per heavy atom. The number of fused-ring (bicyclic) bond motifs is 1. The zero-order valence-corrected chi connectivity index (χ0v) is 10.1. The number of thiazole rings is 1. The molecule has 0 unspecified atom stereocenters. The van der Waals surface area contributed by atoms with E-state index >= 15 is 0 Å². The van der Waals surface area contributed by atoms with Gasteiger partial charge in [-0.1, -0.05) is 0 Å². The van der Waals surface area contributed by atoms with E-state index in [0.717, 1.165) is 10.2 Å². The van der Waals surface area contributed by atoms with Crippen molar-refractivity contribution in [1.29, 1.82) is 0 Å². The van der Waals surface area contributed by atoms with Crippen molar-refractivity contribution in [3.8, 4) is 0 Å². The highest BCUT2D eigenvalue weighted by Gasteiger charge is 2.07. The summed E-state index contributed by atoms with van der Waals surface area (Å²) < 4.78 is 1.01. The Hall–Kier alpha value is -2.27. The molecule has 0 spiro atoms. The lowest BCUT2D eigenvalue weighted by molar-refractivity contribution is 0.102. The van der Waals surface area contributed by atoms with Crippen molar-refractivity contribution in [3.63, 3.8) is 0 Å². The lowest BCUT2D eigenvalue weighted by Gasteiger charge is -2.04. The van der Waals surface area contributed by atoms with Crippen LogP contribution in [0, 0.1) is 0 Å². The van der Waals surface area contributed by atoms with Crippen LogP contribution in [0.15, 0.2) is 48.2 Å². The van der Waals surface area contributed by atoms with Crippen molar-refractivity contribution >= 4 is 33.1 Å². The van der Waals surface area contributed by atoms with Crippen LogP contribution in [0.3, 0.4) is 0 Å². The SMILES string of the molecule is O=C(Nc1cccnc1)c1ccc2ncsc2c1. The van der Waals surface area contributed by atoms with Crippen molar-refractivity contribution in [2.75, 3.05) is 5.32 Å². The normalized spacial score (nSPS) is 10.4. The molecular formula is C13H9N3OS. The van der Waals surface area contributed by atoms with Crippen LogP contribution in [0.25, 0.3) is 10.2 Å². The van der Waals surface area contributed by atoms with Crippen LogP contribution in [-0.4, -0.2) is 15.9 Å². The highest BCUT2D eigenvalue weighted by atomic mass is 32.1. The summed E-state index contributed by atoms with van der Waals surface area (Å²) in [5, 5.41) is 2.80. The average molecular weight is 255 g/mol. The maximum absolute atomic E-state index is 12.0. The molecule has 0 aliphatic rings. The number of nitrogens with zero attached hydrogens (tertiary/aromatic N) is 2. The smallest absolute Gasteiger partial charge is 0.255 e. The third-order valence-corrected chi connectivity index (χ3v) is 3.30. The van der Waals surface area contributed by atoms with Gasteiger partial charge in [-0.2, -0.15) is 0 Å². The molecule has 0 radical (unpaired) electrons. The summed E-state index contributed by atoms with van der Waals surface area (Å²) >= 11 is 1.52. The molecule has 1 aromatic carbocycles. The second kappa shape index (κ2) is 4.54. The van der Waals surface area contributed by atoms with Crippen LogP contribution in [-0.2, 0) is 0 Å². The van der Waals surface area contributed by atoms with Gasteiger partial charge in [0, 0.05) is 11.8 Å². The minimum atomic E-state index is -0.140. The van der Waals surface area contributed by atoms with Crippen molar-refractivity contribution in [1.82, 2.24) is 9.97 Å². The minimum absolute atomic E-state index is 0.140. The number of nitrogens with one attached hydrogen (secondary N) is 1. The predicted octanol–water partition coefficient (Wildman–Crippen LogP) is 2.94. The average Bonchev–Trinajstić information content (AvgIpc) is 2.87. The first-order valence-corrected chi connectivity index (χ1v) is 6.25. The molecule has 1 amide bonds. The molecule has 4 nitrogen and oxygen atoms in total. The Morgan fingerprint density at radius 2 is 2.22 bits per heavy atom. The molecule has 2 aromatic heterocycles. The molecule has 0 fully saturated rings. The van der Waals surface area contributed by atoms with Gasteiger partial charge in [0.2, 0.25) is 0 Å². The van der Waals surface area contributed by atoms with E-state index in [0.29, 0.717) is 11.3 Å². The van der Waals surface area contributed by atoms with Crippen LogP contribution >= 0.6 is 11.3 Å². The number of rotatable bonds is 2. The first-order chi connectivity index (χ1) is 8.83. The van der Waals surface area contributed by atoms with E-state index < -0.39 is 0 Å². The van der Waals surface area contributed by atoms with Gasteiger partial charge in [0.1, 0.15) is 0 Å². The zero-order valence-electron chi connectivity index (χ0n) is 9.33. The largest absolute Gasteiger partial charge is 0.321 e. The Balaban J connectivity index is 1.87. The summed E-state index contributed by atoms with van der Waals surface area (Å²) in [6, 6.07) is 9.05. The van der Waals surface area contributed by atoms with E-state index in [-0.39, 0.29) is 5.91 Å². The van der Waals surface area contributed by atoms with Gasteiger partial charge in [0.05, 0.1) is 27.6 Å². The van der Waals surface area contributed by atoms with Crippen LogP contribution < -0.4 is 5.32 Å². The molecule has 1 N–H and O–H groups in total. The second-order valence-corrected chi connectivity index (χ2v) is 4.62. The number of hydrogen-bond acceptors (Lipinski definition) is 4. The van der Waals surface area contributed by atoms with Crippen molar-refractivity contribution < 1.29 is 4.79 Å². The Labute approximate surface area is 107 Å². The summed E-state index contributed by atoms with van der Waals surface area (Å²) in [7, 11) is 0. The number of benzene rings is 1. The Kier molecular flexibility index (Phi) is 2.74. The number of hydrogen-bond donors (Lipinski definition) is 1. The highest BCUT2D eigenvalue weighted by molar-refractivity contribution is 7.16. The fraction of sp³-hybridized carbons (Fsp3) is 0. The molecule has 88 valence electrons. The van der Waals surface area contributed by atoms with Gasteiger partial charge in [-0.15, -0.1) is 11.3 Å². The van der Waals surface area contributed by atoms with Crippen LogP contribution in [0.2, 0.25) is 0 Å². The third kappa shape index (κ3) is 2.08. The molecule has 0 saturated carbocycles. The first kappa shape index (κ1) is 10.9. The topological polar surface area (TPSA) is 54.9 Å². The fourth-order valence-corrected chi connectivity index (χ4v) is 2.35. The molecule has 3 aromatic rings. The van der Waals surface area contributed by atoms with Crippen molar-refractivity contribution in [2.45, 2.75) is 0 Å². The Bertz CT molecular complexity index is 694. The first-order valence-electron chi connectivity index (χ1n) is 5.37. The standard InChI is InChI=1S/C13H9N3OS/c17-13(16-10-2-1-5-14-7-10)9-3-4-11-12(6-9)18-8-15-11/h1-8H,(H,16,17). The summed E-state index contributed by atoms with van der Waals surface area (Å²) in [4.78, 5) is 20.2. The lowest BCUT2D eigenvalue weighted by Crippen LogP contribution is -2.11. The number of carbonyl (C=O) groups is 1. The van der Waals surface area contributed by atoms with Gasteiger partial charge in [-0.05, 0) is 30.3 Å². The molecular weight excluding hydrogens is 246 g/mol. The molecule has 3 rings (SSSR count). The number of pyridine rings is 1. The van der Waals surface area contributed by atoms with E-state index in [2.05, 4.69) is 15.3 Å². The van der Waals surface area contributed by atoms with Crippen LogP contribution in [0.5, 0.6) is 0 Å². The molecule has 5 heteroatoms. The molecule has 18 heavy (non-hydrogen) atoms. The summed E-state index contributed by atoms with van der Waals surface area (Å²) in [6.07, 6.45) is 3.28. The monoisotopic (exact) mass is 255 g/mol. The fourth-order valence-electron chi connectivity index (χ4n) is 1.64. The molecule has 0 aliphatic heterocycles. The second-order valence-electron chi connectivity index (χ2n) is 3.73. The third-order valence-electron chi connectivity index (χ3n) is 2.51. The molecule has 0 aliphatic carbocycles. The van der Waals surface area contributed by atoms with Gasteiger partial charge in [0.25, 0.3) is 5.91 Å². The molecule has 0 bridgehead atoms. The predicted molar refractivity (Wildman–Crippen MR) is 71.8 cm³/mol. The number of amides is 1. The van der Waals surface area contributed by atoms with Crippen LogP contribution in [0.4, 0.5) is 5.69 Å². The van der Waals surface area contributed by atoms with E-state index in [4.69, 9.17) is 0 Å². The molecule has 0 saturated heterocycles. The van der Waals surface area contributed by atoms with Crippen LogP contribution in [0.1, 0.15) is 10.4 Å². The van der Waals surface area contributed by atoms with E-state index in [1.54, 1.807) is 36.1 Å². The maximum atomic E-state index is 12.0. The number of carbonyl (C=O) groups excluding carboxylic acids is 1. The Morgan fingerprint density at radius 3 is 3.06 bits per heavy atom. The van der Waals surface area contributed by atoms with Crippen molar-refractivity contribution in [3.05, 3.63) is 53.8 Å². The highest BCUT2D eigenvalue weighted by Crippen LogP contribution is 2.19. The van der Waals surface area contributed by atoms with E-state index in [9.17, 15) is 4.79 Å². The number of anilines is 1. The molecule has 0 atom stereocenters. The van der Waals surface area contributed by atoms with E-state index in [1.807, 2.05) is 12.1 Å². The zero-order chi connectivity index (χ0) is 12.4. The van der Waals surface area contributed by atoms with Gasteiger partial charge < -0.3 is 5.32 Å². The van der Waals surface area contributed by atoms with Crippen molar-refractivity contribution in [2.24, 2.45) is 0 Å². The summed E-state index contributed by atoms with van der Waals surface area (Å²) in [6.45, 7) is 0. The van der Waals surface area contributed by atoms with E-state index in [1.165, 1.54) is 11.3 Å². The number of aromatic nitrogens is 2. The summed E-state index contributed by atoms with van der Waals surface area (Å²) in [5.74, 6) is -0.140. The van der Waals surface area contributed by atoms with Gasteiger partial charge in [-0.3, -0.25) is 9.78 Å². The quantitative estimate of drug-likeness (QED) is 0.766. The molecule has 2 heterocycles. The maximum Gasteiger partial charge on any atom is 0.255 e. The lowest BCUT2D eigenvalue weighted by atomic mass is 10.2. The van der Waals surface area contributed by atoms with Gasteiger partial charge in [-0.25, -0.2) is 4.98 Å². The minimum Gasteiger partial charge on any atom is -0.321 e. The van der Waals surface area contributed by atoms with Gasteiger partial charge in [0.15, 0.2) is 0 Å².